The standard InChI is InChI=1S/C25H28N4O4S/c1-28(19-8-4-5-9-20(19)33-2)24(32)17-10-12-18(13-11-17)26-22(30)16-21-23(31)27-25(34-21)29-14-6-3-7-15-29/h4-5,8-13,21H,3,6-7,14-16H2,1-2H3,(H,26,30). The smallest absolute Gasteiger partial charge is 0.262 e. The Bertz CT molecular complexity index is 1100. The number of carbonyl (C=O) groups excluding carboxylic acids is 3. The van der Waals surface area contributed by atoms with Crippen LogP contribution >= 0.6 is 11.8 Å². The zero-order chi connectivity index (χ0) is 24.1. The molecule has 8 nitrogen and oxygen atoms in total. The van der Waals surface area contributed by atoms with E-state index in [9.17, 15) is 14.4 Å². The maximum Gasteiger partial charge on any atom is 0.262 e. The summed E-state index contributed by atoms with van der Waals surface area (Å²) in [6.45, 7) is 1.82. The number of thioether (sulfide) groups is 1. The lowest BCUT2D eigenvalue weighted by molar-refractivity contribution is -0.121. The molecule has 0 radical (unpaired) electrons. The number of methoxy groups -OCH3 is 1. The Morgan fingerprint density at radius 3 is 2.53 bits per heavy atom. The molecule has 1 fully saturated rings. The normalized spacial score (nSPS) is 17.8. The third kappa shape index (κ3) is 5.41. The lowest BCUT2D eigenvalue weighted by Gasteiger charge is -2.27. The highest BCUT2D eigenvalue weighted by Gasteiger charge is 2.33. The van der Waals surface area contributed by atoms with Crippen LogP contribution in [0.4, 0.5) is 11.4 Å². The summed E-state index contributed by atoms with van der Waals surface area (Å²) in [5.41, 5.74) is 1.71. The van der Waals surface area contributed by atoms with Gasteiger partial charge in [-0.15, -0.1) is 0 Å². The zero-order valence-corrected chi connectivity index (χ0v) is 20.1. The number of rotatable bonds is 6. The Kier molecular flexibility index (Phi) is 7.52. The van der Waals surface area contributed by atoms with Crippen LogP contribution in [-0.2, 0) is 9.59 Å². The van der Waals surface area contributed by atoms with Gasteiger partial charge >= 0.3 is 0 Å². The zero-order valence-electron chi connectivity index (χ0n) is 19.3. The van der Waals surface area contributed by atoms with Gasteiger partial charge in [0.1, 0.15) is 11.0 Å². The van der Waals surface area contributed by atoms with Crippen molar-refractivity contribution < 1.29 is 19.1 Å². The van der Waals surface area contributed by atoms with E-state index in [1.165, 1.54) is 23.1 Å². The maximum atomic E-state index is 12.9. The second kappa shape index (κ2) is 10.7. The largest absolute Gasteiger partial charge is 0.495 e. The molecule has 4 rings (SSSR count). The number of aliphatic imine (C=N–C) groups is 1. The van der Waals surface area contributed by atoms with E-state index in [2.05, 4.69) is 15.2 Å². The molecule has 2 aliphatic heterocycles. The molecule has 2 aromatic rings. The molecule has 1 saturated heterocycles. The summed E-state index contributed by atoms with van der Waals surface area (Å²) in [7, 11) is 3.25. The number of amidine groups is 1. The molecule has 0 saturated carbocycles. The van der Waals surface area contributed by atoms with Gasteiger partial charge in [-0.05, 0) is 55.7 Å². The topological polar surface area (TPSA) is 91.3 Å². The van der Waals surface area contributed by atoms with Gasteiger partial charge in [0, 0.05) is 37.8 Å². The number of likely N-dealkylation sites (tertiary alicyclic amines) is 1. The fraction of sp³-hybridized carbons (Fsp3) is 0.360. The number of amides is 3. The molecule has 178 valence electrons. The Labute approximate surface area is 203 Å². The lowest BCUT2D eigenvalue weighted by Crippen LogP contribution is -2.33. The minimum atomic E-state index is -0.493. The molecular formula is C25H28N4O4S. The molecule has 2 aromatic carbocycles. The van der Waals surface area contributed by atoms with Crippen molar-refractivity contribution in [1.29, 1.82) is 0 Å². The molecule has 0 aromatic heterocycles. The van der Waals surface area contributed by atoms with Gasteiger partial charge in [-0.3, -0.25) is 14.4 Å². The third-order valence-corrected chi connectivity index (χ3v) is 7.11. The van der Waals surface area contributed by atoms with E-state index in [4.69, 9.17) is 4.74 Å². The van der Waals surface area contributed by atoms with Crippen molar-refractivity contribution in [2.75, 3.05) is 37.5 Å². The lowest BCUT2D eigenvalue weighted by atomic mass is 10.1. The molecule has 0 spiro atoms. The summed E-state index contributed by atoms with van der Waals surface area (Å²) in [5.74, 6) is -0.0982. The van der Waals surface area contributed by atoms with Crippen LogP contribution in [-0.4, -0.2) is 60.3 Å². The Hall–Kier alpha value is -3.33. The summed E-state index contributed by atoms with van der Waals surface area (Å²) in [6, 6.07) is 14.0. The predicted octanol–water partition coefficient (Wildman–Crippen LogP) is 3.78. The van der Waals surface area contributed by atoms with Crippen molar-refractivity contribution in [3.05, 3.63) is 54.1 Å². The number of carbonyl (C=O) groups is 3. The van der Waals surface area contributed by atoms with E-state index in [-0.39, 0.29) is 24.1 Å². The Morgan fingerprint density at radius 1 is 1.12 bits per heavy atom. The first-order valence-electron chi connectivity index (χ1n) is 11.3. The van der Waals surface area contributed by atoms with Crippen LogP contribution in [0.2, 0.25) is 0 Å². The molecular weight excluding hydrogens is 452 g/mol. The first-order chi connectivity index (χ1) is 16.5. The monoisotopic (exact) mass is 480 g/mol. The van der Waals surface area contributed by atoms with Crippen LogP contribution < -0.4 is 15.0 Å². The van der Waals surface area contributed by atoms with Crippen LogP contribution in [0.5, 0.6) is 5.75 Å². The van der Waals surface area contributed by atoms with Crippen molar-refractivity contribution >= 4 is 46.0 Å². The highest BCUT2D eigenvalue weighted by atomic mass is 32.2. The third-order valence-electron chi connectivity index (χ3n) is 5.89. The number of nitrogens with one attached hydrogen (secondary N) is 1. The molecule has 1 N–H and O–H groups in total. The quantitative estimate of drug-likeness (QED) is 0.677. The van der Waals surface area contributed by atoms with Crippen molar-refractivity contribution in [2.45, 2.75) is 30.9 Å². The number of benzene rings is 2. The van der Waals surface area contributed by atoms with Crippen LogP contribution in [0.25, 0.3) is 0 Å². The summed E-state index contributed by atoms with van der Waals surface area (Å²) < 4.78 is 5.34. The van der Waals surface area contributed by atoms with E-state index in [1.54, 1.807) is 44.5 Å². The average molecular weight is 481 g/mol. The van der Waals surface area contributed by atoms with E-state index in [0.29, 0.717) is 22.7 Å². The summed E-state index contributed by atoms with van der Waals surface area (Å²) in [4.78, 5) is 45.6. The van der Waals surface area contributed by atoms with Crippen molar-refractivity contribution in [3.63, 3.8) is 0 Å². The number of nitrogens with zero attached hydrogens (tertiary/aromatic N) is 3. The van der Waals surface area contributed by atoms with Crippen LogP contribution in [0, 0.1) is 0 Å². The van der Waals surface area contributed by atoms with E-state index in [1.807, 2.05) is 18.2 Å². The van der Waals surface area contributed by atoms with E-state index >= 15 is 0 Å². The highest BCUT2D eigenvalue weighted by molar-refractivity contribution is 8.15. The molecule has 9 heteroatoms. The molecule has 1 atom stereocenters. The average Bonchev–Trinajstić information content (AvgIpc) is 3.23. The molecule has 2 heterocycles. The number of hydrogen-bond acceptors (Lipinski definition) is 6. The number of ether oxygens (including phenoxy) is 1. The molecule has 0 aliphatic carbocycles. The second-order valence-corrected chi connectivity index (χ2v) is 9.42. The Morgan fingerprint density at radius 2 is 1.82 bits per heavy atom. The number of hydrogen-bond donors (Lipinski definition) is 1. The van der Waals surface area contributed by atoms with Gasteiger partial charge in [0.05, 0.1) is 12.8 Å². The maximum absolute atomic E-state index is 12.9. The van der Waals surface area contributed by atoms with Crippen molar-refractivity contribution in [1.82, 2.24) is 4.90 Å². The number of piperidine rings is 1. The summed E-state index contributed by atoms with van der Waals surface area (Å²) in [5, 5.41) is 3.06. The summed E-state index contributed by atoms with van der Waals surface area (Å²) >= 11 is 1.38. The fourth-order valence-corrected chi connectivity index (χ4v) is 5.13. The van der Waals surface area contributed by atoms with E-state index in [0.717, 1.165) is 31.1 Å². The highest BCUT2D eigenvalue weighted by Crippen LogP contribution is 2.30. The van der Waals surface area contributed by atoms with Crippen molar-refractivity contribution in [2.24, 2.45) is 4.99 Å². The van der Waals surface area contributed by atoms with Crippen LogP contribution in [0.3, 0.4) is 0 Å². The fourth-order valence-electron chi connectivity index (χ4n) is 4.02. The number of anilines is 2. The van der Waals surface area contributed by atoms with Crippen molar-refractivity contribution in [3.8, 4) is 5.75 Å². The minimum Gasteiger partial charge on any atom is -0.495 e. The van der Waals surface area contributed by atoms with Gasteiger partial charge in [0.15, 0.2) is 5.17 Å². The van der Waals surface area contributed by atoms with Gasteiger partial charge in [-0.25, -0.2) is 0 Å². The molecule has 2 aliphatic rings. The van der Waals surface area contributed by atoms with Gasteiger partial charge in [-0.2, -0.15) is 4.99 Å². The first kappa shape index (κ1) is 23.8. The number of para-hydroxylation sites is 2. The molecule has 34 heavy (non-hydrogen) atoms. The molecule has 3 amide bonds. The first-order valence-corrected chi connectivity index (χ1v) is 12.2. The molecule has 0 bridgehead atoms. The van der Waals surface area contributed by atoms with Crippen LogP contribution in [0.15, 0.2) is 53.5 Å². The second-order valence-electron chi connectivity index (χ2n) is 8.25. The minimum absolute atomic E-state index is 0.0571. The van der Waals surface area contributed by atoms with Gasteiger partial charge in [0.25, 0.3) is 11.8 Å². The van der Waals surface area contributed by atoms with Crippen LogP contribution in [0.1, 0.15) is 36.0 Å². The Balaban J connectivity index is 1.32. The van der Waals surface area contributed by atoms with Gasteiger partial charge < -0.3 is 19.9 Å². The van der Waals surface area contributed by atoms with E-state index < -0.39 is 5.25 Å². The summed E-state index contributed by atoms with van der Waals surface area (Å²) in [6.07, 6.45) is 3.47. The predicted molar refractivity (Wildman–Crippen MR) is 135 cm³/mol. The van der Waals surface area contributed by atoms with Gasteiger partial charge in [-0.1, -0.05) is 23.9 Å². The molecule has 1 unspecified atom stereocenters. The SMILES string of the molecule is COc1ccccc1N(C)C(=O)c1ccc(NC(=O)CC2SC(N3CCCCC3)=NC2=O)cc1. The van der Waals surface area contributed by atoms with Gasteiger partial charge in [0.2, 0.25) is 5.91 Å².